The minimum Gasteiger partial charge on any atom is -0.353 e. The second-order valence-electron chi connectivity index (χ2n) is 5.10. The van der Waals surface area contributed by atoms with Crippen molar-refractivity contribution >= 4 is 33.9 Å². The lowest BCUT2D eigenvalue weighted by Gasteiger charge is -2.35. The largest absolute Gasteiger partial charge is 0.353 e. The van der Waals surface area contributed by atoms with Crippen molar-refractivity contribution in [3.05, 3.63) is 35.0 Å². The molecular formula is C15H19ClN4S. The van der Waals surface area contributed by atoms with Crippen LogP contribution in [0.3, 0.4) is 0 Å². The number of anilines is 2. The van der Waals surface area contributed by atoms with E-state index < -0.39 is 0 Å². The number of halogens is 1. The molecule has 0 atom stereocenters. The lowest BCUT2D eigenvalue weighted by molar-refractivity contribution is 0.644. The Bertz CT molecular complexity index is 557. The molecule has 1 saturated heterocycles. The minimum absolute atomic E-state index is 0.543. The summed E-state index contributed by atoms with van der Waals surface area (Å²) in [4.78, 5) is 13.8. The zero-order valence-electron chi connectivity index (χ0n) is 12.1. The first kappa shape index (κ1) is 14.6. The van der Waals surface area contributed by atoms with Gasteiger partial charge in [-0.25, -0.2) is 9.97 Å². The number of nitrogens with zero attached hydrogens (tertiary/aromatic N) is 4. The number of rotatable bonds is 4. The molecule has 0 bridgehead atoms. The van der Waals surface area contributed by atoms with Crippen LogP contribution < -0.4 is 9.80 Å². The van der Waals surface area contributed by atoms with E-state index in [1.54, 1.807) is 11.3 Å². The fourth-order valence-corrected chi connectivity index (χ4v) is 3.40. The van der Waals surface area contributed by atoms with E-state index in [1.807, 2.05) is 11.6 Å². The summed E-state index contributed by atoms with van der Waals surface area (Å²) >= 11 is 7.70. The number of thiazole rings is 1. The number of alkyl halides is 1. The van der Waals surface area contributed by atoms with Gasteiger partial charge >= 0.3 is 0 Å². The SMILES string of the molecule is CCc1cc(CCl)cc(N2CCN(c3nccs3)CC2)n1. The summed E-state index contributed by atoms with van der Waals surface area (Å²) in [7, 11) is 0. The minimum atomic E-state index is 0.543. The highest BCUT2D eigenvalue weighted by molar-refractivity contribution is 7.13. The van der Waals surface area contributed by atoms with Crippen molar-refractivity contribution in [2.45, 2.75) is 19.2 Å². The molecule has 3 heterocycles. The van der Waals surface area contributed by atoms with E-state index in [2.05, 4.69) is 33.8 Å². The summed E-state index contributed by atoms with van der Waals surface area (Å²) in [6.45, 7) is 6.05. The van der Waals surface area contributed by atoms with E-state index in [1.165, 1.54) is 0 Å². The van der Waals surface area contributed by atoms with Crippen molar-refractivity contribution in [1.82, 2.24) is 9.97 Å². The highest BCUT2D eigenvalue weighted by Crippen LogP contribution is 2.22. The van der Waals surface area contributed by atoms with Crippen LogP contribution in [0.4, 0.5) is 10.9 Å². The monoisotopic (exact) mass is 322 g/mol. The lowest BCUT2D eigenvalue weighted by atomic mass is 10.2. The van der Waals surface area contributed by atoms with E-state index in [-0.39, 0.29) is 0 Å². The maximum atomic E-state index is 6.00. The molecule has 0 aromatic carbocycles. The Morgan fingerprint density at radius 2 is 1.95 bits per heavy atom. The fraction of sp³-hybridized carbons (Fsp3) is 0.467. The summed E-state index contributed by atoms with van der Waals surface area (Å²) < 4.78 is 0. The first-order chi connectivity index (χ1) is 10.3. The highest BCUT2D eigenvalue weighted by atomic mass is 35.5. The Kier molecular flexibility index (Phi) is 4.60. The lowest BCUT2D eigenvalue weighted by Crippen LogP contribution is -2.46. The number of hydrogen-bond acceptors (Lipinski definition) is 5. The predicted octanol–water partition coefficient (Wildman–Crippen LogP) is 3.17. The van der Waals surface area contributed by atoms with Crippen LogP contribution >= 0.6 is 22.9 Å². The zero-order valence-corrected chi connectivity index (χ0v) is 13.7. The van der Waals surface area contributed by atoms with Gasteiger partial charge in [0.2, 0.25) is 0 Å². The maximum Gasteiger partial charge on any atom is 0.185 e. The molecule has 6 heteroatoms. The molecule has 2 aromatic heterocycles. The highest BCUT2D eigenvalue weighted by Gasteiger charge is 2.20. The van der Waals surface area contributed by atoms with Crippen molar-refractivity contribution in [2.75, 3.05) is 36.0 Å². The molecule has 0 radical (unpaired) electrons. The van der Waals surface area contributed by atoms with Crippen molar-refractivity contribution in [3.8, 4) is 0 Å². The second-order valence-corrected chi connectivity index (χ2v) is 6.24. The summed E-state index contributed by atoms with van der Waals surface area (Å²) in [5.41, 5.74) is 2.27. The van der Waals surface area contributed by atoms with E-state index in [4.69, 9.17) is 16.6 Å². The number of pyridine rings is 1. The molecule has 0 amide bonds. The van der Waals surface area contributed by atoms with E-state index in [9.17, 15) is 0 Å². The molecule has 21 heavy (non-hydrogen) atoms. The zero-order chi connectivity index (χ0) is 14.7. The van der Waals surface area contributed by atoms with Crippen molar-refractivity contribution in [3.63, 3.8) is 0 Å². The van der Waals surface area contributed by atoms with Crippen molar-refractivity contribution in [1.29, 1.82) is 0 Å². The standard InChI is InChI=1S/C15H19ClN4S/c1-2-13-9-12(11-16)10-14(18-13)19-4-6-20(7-5-19)15-17-3-8-21-15/h3,8-10H,2,4-7,11H2,1H3. The van der Waals surface area contributed by atoms with Crippen molar-refractivity contribution < 1.29 is 0 Å². The average molecular weight is 323 g/mol. The van der Waals surface area contributed by atoms with Crippen LogP contribution in [0.2, 0.25) is 0 Å². The fourth-order valence-electron chi connectivity index (χ4n) is 2.55. The molecular weight excluding hydrogens is 304 g/mol. The first-order valence-corrected chi connectivity index (χ1v) is 8.66. The van der Waals surface area contributed by atoms with Crippen LogP contribution in [-0.2, 0) is 12.3 Å². The van der Waals surface area contributed by atoms with Crippen LogP contribution in [-0.4, -0.2) is 36.1 Å². The van der Waals surface area contributed by atoms with Crippen LogP contribution in [0.5, 0.6) is 0 Å². The Labute approximate surface area is 134 Å². The molecule has 112 valence electrons. The summed E-state index contributed by atoms with van der Waals surface area (Å²) in [6, 6.07) is 4.22. The van der Waals surface area contributed by atoms with Gasteiger partial charge in [-0.3, -0.25) is 0 Å². The molecule has 1 aliphatic heterocycles. The van der Waals surface area contributed by atoms with E-state index in [0.29, 0.717) is 5.88 Å². The average Bonchev–Trinajstić information content (AvgIpc) is 3.09. The Morgan fingerprint density at radius 3 is 2.57 bits per heavy atom. The van der Waals surface area contributed by atoms with Gasteiger partial charge in [-0.05, 0) is 24.1 Å². The molecule has 1 aliphatic rings. The normalized spacial score (nSPS) is 15.5. The topological polar surface area (TPSA) is 32.3 Å². The van der Waals surface area contributed by atoms with Gasteiger partial charge in [0, 0.05) is 49.3 Å². The summed E-state index contributed by atoms with van der Waals surface area (Å²) in [5, 5.41) is 3.15. The number of aryl methyl sites for hydroxylation is 1. The van der Waals surface area contributed by atoms with Gasteiger partial charge in [-0.1, -0.05) is 6.92 Å². The van der Waals surface area contributed by atoms with Crippen molar-refractivity contribution in [2.24, 2.45) is 0 Å². The van der Waals surface area contributed by atoms with Gasteiger partial charge in [0.25, 0.3) is 0 Å². The smallest absolute Gasteiger partial charge is 0.185 e. The number of piperazine rings is 1. The molecule has 0 N–H and O–H groups in total. The Hall–Kier alpha value is -1.33. The van der Waals surface area contributed by atoms with Gasteiger partial charge in [-0.2, -0.15) is 0 Å². The predicted molar refractivity (Wildman–Crippen MR) is 89.7 cm³/mol. The summed E-state index contributed by atoms with van der Waals surface area (Å²) in [5.74, 6) is 1.60. The molecule has 0 spiro atoms. The number of hydrogen-bond donors (Lipinski definition) is 0. The van der Waals surface area contributed by atoms with Crippen LogP contribution in [0.15, 0.2) is 23.7 Å². The molecule has 0 unspecified atom stereocenters. The van der Waals surface area contributed by atoms with Crippen LogP contribution in [0.25, 0.3) is 0 Å². The van der Waals surface area contributed by atoms with E-state index >= 15 is 0 Å². The second kappa shape index (κ2) is 6.62. The Morgan fingerprint density at radius 1 is 1.19 bits per heavy atom. The van der Waals surface area contributed by atoms with Gasteiger partial charge < -0.3 is 9.80 Å². The molecule has 2 aromatic rings. The van der Waals surface area contributed by atoms with E-state index in [0.717, 1.165) is 54.8 Å². The van der Waals surface area contributed by atoms with Gasteiger partial charge in [-0.15, -0.1) is 22.9 Å². The first-order valence-electron chi connectivity index (χ1n) is 7.25. The third-order valence-electron chi connectivity index (χ3n) is 3.73. The summed E-state index contributed by atoms with van der Waals surface area (Å²) in [6.07, 6.45) is 2.81. The molecule has 0 aliphatic carbocycles. The number of aromatic nitrogens is 2. The third-order valence-corrected chi connectivity index (χ3v) is 4.88. The molecule has 0 saturated carbocycles. The maximum absolute atomic E-state index is 6.00. The Balaban J connectivity index is 1.71. The van der Waals surface area contributed by atoms with Crippen LogP contribution in [0.1, 0.15) is 18.2 Å². The van der Waals surface area contributed by atoms with Gasteiger partial charge in [0.05, 0.1) is 0 Å². The van der Waals surface area contributed by atoms with Crippen LogP contribution in [0, 0.1) is 0 Å². The third kappa shape index (κ3) is 3.30. The van der Waals surface area contributed by atoms with Gasteiger partial charge in [0.1, 0.15) is 5.82 Å². The van der Waals surface area contributed by atoms with Gasteiger partial charge in [0.15, 0.2) is 5.13 Å². The molecule has 4 nitrogen and oxygen atoms in total. The molecule has 3 rings (SSSR count). The molecule has 1 fully saturated rings. The quantitative estimate of drug-likeness (QED) is 0.809.